The number of likely N-dealkylation sites (tertiary alicyclic amines) is 1. The van der Waals surface area contributed by atoms with E-state index >= 15 is 0 Å². The van der Waals surface area contributed by atoms with Gasteiger partial charge in [-0.05, 0) is 45.0 Å². The standard InChI is InChI=1S/C25H37N5O3.2ClH/c1-28(2)14-19-16-29(15-18-8-9-22(31-3)24(33-5)23(18)32-4)17-20(19)21-10-11-26-25(27-21)30-12-6-7-13-30;;/h8-11,19-20H,6-7,12-17H2,1-5H3;2*1H/t19-,20-;;/m1../s1. The number of ether oxygens (including phenoxy) is 3. The lowest BCUT2D eigenvalue weighted by molar-refractivity contribution is 0.277. The third-order valence-corrected chi connectivity index (χ3v) is 6.73. The van der Waals surface area contributed by atoms with Gasteiger partial charge in [0.2, 0.25) is 11.7 Å². The van der Waals surface area contributed by atoms with Gasteiger partial charge in [-0.2, -0.15) is 0 Å². The lowest BCUT2D eigenvalue weighted by atomic mass is 9.92. The van der Waals surface area contributed by atoms with E-state index in [1.807, 2.05) is 12.3 Å². The molecule has 0 saturated carbocycles. The molecule has 2 aliphatic heterocycles. The first-order chi connectivity index (χ1) is 16.0. The van der Waals surface area contributed by atoms with Crippen LogP contribution in [0.3, 0.4) is 0 Å². The average Bonchev–Trinajstić information content (AvgIpc) is 3.49. The molecule has 2 atom stereocenters. The molecule has 0 bridgehead atoms. The van der Waals surface area contributed by atoms with Crippen molar-refractivity contribution >= 4 is 30.8 Å². The van der Waals surface area contributed by atoms with Crippen LogP contribution in [0.1, 0.15) is 30.0 Å². The minimum absolute atomic E-state index is 0. The maximum absolute atomic E-state index is 5.73. The quantitative estimate of drug-likeness (QED) is 0.488. The van der Waals surface area contributed by atoms with Crippen LogP contribution in [0.5, 0.6) is 17.2 Å². The number of anilines is 1. The number of nitrogens with zero attached hydrogens (tertiary/aromatic N) is 5. The van der Waals surface area contributed by atoms with E-state index in [-0.39, 0.29) is 24.8 Å². The minimum Gasteiger partial charge on any atom is -0.493 e. The minimum atomic E-state index is 0. The smallest absolute Gasteiger partial charge is 0.225 e. The Morgan fingerprint density at radius 3 is 2.29 bits per heavy atom. The van der Waals surface area contributed by atoms with Gasteiger partial charge in [0.25, 0.3) is 0 Å². The molecule has 0 aliphatic carbocycles. The van der Waals surface area contributed by atoms with E-state index in [1.165, 1.54) is 12.8 Å². The Balaban J connectivity index is 0.00000216. The second kappa shape index (κ2) is 13.3. The van der Waals surface area contributed by atoms with Crippen LogP contribution in [-0.4, -0.2) is 87.9 Å². The van der Waals surface area contributed by atoms with Gasteiger partial charge in [0.05, 0.1) is 27.0 Å². The number of halogens is 2. The summed E-state index contributed by atoms with van der Waals surface area (Å²) in [4.78, 5) is 16.7. The van der Waals surface area contributed by atoms with E-state index in [0.29, 0.717) is 23.3 Å². The fraction of sp³-hybridized carbons (Fsp3) is 0.600. The van der Waals surface area contributed by atoms with Gasteiger partial charge in [-0.1, -0.05) is 6.07 Å². The van der Waals surface area contributed by atoms with Crippen molar-refractivity contribution < 1.29 is 14.2 Å². The molecule has 0 N–H and O–H groups in total. The highest BCUT2D eigenvalue weighted by atomic mass is 35.5. The average molecular weight is 529 g/mol. The molecule has 2 aliphatic rings. The predicted molar refractivity (Wildman–Crippen MR) is 144 cm³/mol. The molecular formula is C25H39Cl2N5O3. The van der Waals surface area contributed by atoms with Crippen molar-refractivity contribution in [1.82, 2.24) is 19.8 Å². The number of hydrogen-bond acceptors (Lipinski definition) is 8. The highest BCUT2D eigenvalue weighted by Gasteiger charge is 2.36. The number of benzene rings is 1. The van der Waals surface area contributed by atoms with Crippen LogP contribution < -0.4 is 19.1 Å². The molecule has 2 aromatic rings. The van der Waals surface area contributed by atoms with Crippen molar-refractivity contribution in [1.29, 1.82) is 0 Å². The van der Waals surface area contributed by atoms with Crippen LogP contribution in [0, 0.1) is 5.92 Å². The fourth-order valence-electron chi connectivity index (χ4n) is 5.25. The highest BCUT2D eigenvalue weighted by Crippen LogP contribution is 2.41. The number of methoxy groups -OCH3 is 3. The van der Waals surface area contributed by atoms with Crippen LogP contribution in [-0.2, 0) is 6.54 Å². The highest BCUT2D eigenvalue weighted by molar-refractivity contribution is 5.85. The van der Waals surface area contributed by atoms with Crippen molar-refractivity contribution in [2.75, 3.05) is 73.0 Å². The molecule has 1 aromatic heterocycles. The van der Waals surface area contributed by atoms with E-state index in [2.05, 4.69) is 45.9 Å². The van der Waals surface area contributed by atoms with E-state index in [1.54, 1.807) is 21.3 Å². The second-order valence-corrected chi connectivity index (χ2v) is 9.29. The summed E-state index contributed by atoms with van der Waals surface area (Å²) in [6.45, 7) is 5.87. The van der Waals surface area contributed by atoms with E-state index in [9.17, 15) is 0 Å². The molecule has 0 radical (unpaired) electrons. The van der Waals surface area contributed by atoms with Crippen molar-refractivity contribution in [3.8, 4) is 17.2 Å². The fourth-order valence-corrected chi connectivity index (χ4v) is 5.25. The summed E-state index contributed by atoms with van der Waals surface area (Å²) in [5.41, 5.74) is 2.25. The zero-order valence-electron chi connectivity index (χ0n) is 21.4. The van der Waals surface area contributed by atoms with Gasteiger partial charge in [-0.25, -0.2) is 9.97 Å². The number of rotatable bonds is 9. The molecular weight excluding hydrogens is 489 g/mol. The Morgan fingerprint density at radius 1 is 0.943 bits per heavy atom. The van der Waals surface area contributed by atoms with Crippen molar-refractivity contribution in [2.45, 2.75) is 25.3 Å². The molecule has 4 rings (SSSR count). The Bertz CT molecular complexity index is 943. The summed E-state index contributed by atoms with van der Waals surface area (Å²) in [5.74, 6) is 3.80. The van der Waals surface area contributed by atoms with Gasteiger partial charge >= 0.3 is 0 Å². The summed E-state index contributed by atoms with van der Waals surface area (Å²) in [7, 11) is 9.27. The van der Waals surface area contributed by atoms with Gasteiger partial charge in [-0.15, -0.1) is 24.8 Å². The molecule has 10 heteroatoms. The molecule has 0 spiro atoms. The molecule has 8 nitrogen and oxygen atoms in total. The topological polar surface area (TPSA) is 63.2 Å². The molecule has 3 heterocycles. The Labute approximate surface area is 221 Å². The van der Waals surface area contributed by atoms with Gasteiger partial charge in [-0.3, -0.25) is 4.90 Å². The molecule has 0 amide bonds. The maximum Gasteiger partial charge on any atom is 0.225 e. The first-order valence-electron chi connectivity index (χ1n) is 11.8. The molecule has 2 fully saturated rings. The van der Waals surface area contributed by atoms with Gasteiger partial charge in [0, 0.05) is 56.9 Å². The third-order valence-electron chi connectivity index (χ3n) is 6.73. The second-order valence-electron chi connectivity index (χ2n) is 9.29. The molecule has 1 aromatic carbocycles. The van der Waals surface area contributed by atoms with Crippen LogP contribution in [0.2, 0.25) is 0 Å². The van der Waals surface area contributed by atoms with Crippen LogP contribution in [0.15, 0.2) is 24.4 Å². The summed E-state index contributed by atoms with van der Waals surface area (Å²) < 4.78 is 16.8. The predicted octanol–water partition coefficient (Wildman–Crippen LogP) is 3.72. The largest absolute Gasteiger partial charge is 0.493 e. The van der Waals surface area contributed by atoms with E-state index < -0.39 is 0 Å². The summed E-state index contributed by atoms with van der Waals surface area (Å²) in [6.07, 6.45) is 4.38. The Hall–Kier alpha value is -2.00. The lowest BCUT2D eigenvalue weighted by Crippen LogP contribution is -2.27. The van der Waals surface area contributed by atoms with E-state index in [0.717, 1.165) is 62.2 Å². The van der Waals surface area contributed by atoms with Gasteiger partial charge in [0.1, 0.15) is 0 Å². The molecule has 0 unspecified atom stereocenters. The van der Waals surface area contributed by atoms with Crippen molar-refractivity contribution in [2.24, 2.45) is 5.92 Å². The van der Waals surface area contributed by atoms with Crippen LogP contribution >= 0.6 is 24.8 Å². The lowest BCUT2D eigenvalue weighted by Gasteiger charge is -2.23. The summed E-state index contributed by atoms with van der Waals surface area (Å²) in [6, 6.07) is 6.13. The monoisotopic (exact) mass is 527 g/mol. The van der Waals surface area contributed by atoms with E-state index in [4.69, 9.17) is 19.2 Å². The number of aromatic nitrogens is 2. The van der Waals surface area contributed by atoms with Crippen LogP contribution in [0.4, 0.5) is 5.95 Å². The SMILES string of the molecule is COc1ccc(CN2C[C@@H](CN(C)C)[C@H](c3ccnc(N4CCCC4)n3)C2)c(OC)c1OC.Cl.Cl. The normalized spacial score (nSPS) is 19.9. The van der Waals surface area contributed by atoms with Crippen LogP contribution in [0.25, 0.3) is 0 Å². The third kappa shape index (κ3) is 6.61. The zero-order valence-corrected chi connectivity index (χ0v) is 23.0. The molecule has 2 saturated heterocycles. The summed E-state index contributed by atoms with van der Waals surface area (Å²) in [5, 5.41) is 0. The van der Waals surface area contributed by atoms with Crippen molar-refractivity contribution in [3.63, 3.8) is 0 Å². The van der Waals surface area contributed by atoms with Crippen molar-refractivity contribution in [3.05, 3.63) is 35.7 Å². The van der Waals surface area contributed by atoms with Gasteiger partial charge in [0.15, 0.2) is 11.5 Å². The number of hydrogen-bond donors (Lipinski definition) is 0. The summed E-state index contributed by atoms with van der Waals surface area (Å²) >= 11 is 0. The van der Waals surface area contributed by atoms with Gasteiger partial charge < -0.3 is 24.0 Å². The molecule has 196 valence electrons. The molecule has 35 heavy (non-hydrogen) atoms. The zero-order chi connectivity index (χ0) is 23.4. The first kappa shape index (κ1) is 29.2. The maximum atomic E-state index is 5.73. The Morgan fingerprint density at radius 2 is 1.66 bits per heavy atom. The Kier molecular flexibility index (Phi) is 11.1. The first-order valence-corrected chi connectivity index (χ1v) is 11.8.